The average Bonchev–Trinajstić information content (AvgIpc) is 2.89. The molecule has 0 aliphatic heterocycles. The second kappa shape index (κ2) is 4.75. The number of carbonyl (C=O) groups excluding carboxylic acids is 1. The molecule has 2 aliphatic carbocycles. The lowest BCUT2D eigenvalue weighted by Gasteiger charge is -2.21. The van der Waals surface area contributed by atoms with Crippen LogP contribution in [-0.4, -0.2) is 23.5 Å². The molecule has 100 valence electrons. The quantitative estimate of drug-likeness (QED) is 0.732. The van der Waals surface area contributed by atoms with Crippen LogP contribution in [0.3, 0.4) is 0 Å². The van der Waals surface area contributed by atoms with Gasteiger partial charge in [-0.25, -0.2) is 0 Å². The van der Waals surface area contributed by atoms with Crippen LogP contribution >= 0.6 is 0 Å². The number of allylic oxidation sites excluding steroid dienone is 2. The number of hydrogen-bond acceptors (Lipinski definition) is 2. The van der Waals surface area contributed by atoms with E-state index >= 15 is 0 Å². The summed E-state index contributed by atoms with van der Waals surface area (Å²) in [7, 11) is 0. The summed E-state index contributed by atoms with van der Waals surface area (Å²) in [5, 5.41) is 11.9. The number of fused-ring (bicyclic) bond motifs is 2. The molecule has 18 heavy (non-hydrogen) atoms. The Kier molecular flexibility index (Phi) is 3.46. The zero-order valence-electron chi connectivity index (χ0n) is 11.0. The van der Waals surface area contributed by atoms with Gasteiger partial charge in [-0.1, -0.05) is 12.2 Å². The van der Waals surface area contributed by atoms with E-state index in [-0.39, 0.29) is 11.8 Å². The van der Waals surface area contributed by atoms with E-state index in [0.717, 1.165) is 12.8 Å². The maximum absolute atomic E-state index is 12.0. The Morgan fingerprint density at radius 3 is 2.56 bits per heavy atom. The summed E-state index contributed by atoms with van der Waals surface area (Å²) < 4.78 is 0. The number of carboxylic acid groups (broad SMARTS) is 1. The van der Waals surface area contributed by atoms with Gasteiger partial charge >= 0.3 is 5.97 Å². The molecule has 0 saturated heterocycles. The largest absolute Gasteiger partial charge is 0.481 e. The zero-order valence-corrected chi connectivity index (χ0v) is 11.0. The van der Waals surface area contributed by atoms with E-state index in [1.165, 1.54) is 0 Å². The Bertz CT molecular complexity index is 387. The summed E-state index contributed by atoms with van der Waals surface area (Å²) in [5.41, 5.74) is -0.776. The highest BCUT2D eigenvalue weighted by molar-refractivity contribution is 5.80. The molecule has 1 saturated carbocycles. The molecule has 0 aromatic heterocycles. The topological polar surface area (TPSA) is 66.4 Å². The number of carbonyl (C=O) groups is 2. The van der Waals surface area contributed by atoms with Gasteiger partial charge in [0, 0.05) is 12.5 Å². The Morgan fingerprint density at radius 1 is 1.33 bits per heavy atom. The van der Waals surface area contributed by atoms with Crippen molar-refractivity contribution in [2.45, 2.75) is 33.1 Å². The molecule has 2 rings (SSSR count). The van der Waals surface area contributed by atoms with E-state index < -0.39 is 11.4 Å². The van der Waals surface area contributed by atoms with Gasteiger partial charge in [0.1, 0.15) is 0 Å². The van der Waals surface area contributed by atoms with Crippen LogP contribution in [0.25, 0.3) is 0 Å². The normalized spacial score (nSPS) is 29.6. The van der Waals surface area contributed by atoms with E-state index in [9.17, 15) is 9.59 Å². The molecule has 1 amide bonds. The number of nitrogens with one attached hydrogen (secondary N) is 1. The van der Waals surface area contributed by atoms with E-state index in [1.54, 1.807) is 13.8 Å². The van der Waals surface area contributed by atoms with Crippen LogP contribution in [0.4, 0.5) is 0 Å². The average molecular weight is 251 g/mol. The van der Waals surface area contributed by atoms with Gasteiger partial charge in [-0.3, -0.25) is 9.59 Å². The monoisotopic (exact) mass is 251 g/mol. The smallest absolute Gasteiger partial charge is 0.309 e. The minimum atomic E-state index is -0.820. The van der Waals surface area contributed by atoms with Gasteiger partial charge in [-0.15, -0.1) is 0 Å². The third-order valence-electron chi connectivity index (χ3n) is 4.24. The molecule has 2 aliphatic rings. The molecular weight excluding hydrogens is 230 g/mol. The predicted octanol–water partition coefficient (Wildman–Crippen LogP) is 1.82. The van der Waals surface area contributed by atoms with Gasteiger partial charge in [0.05, 0.1) is 5.41 Å². The molecule has 0 heterocycles. The van der Waals surface area contributed by atoms with Gasteiger partial charge in [0.15, 0.2) is 0 Å². The highest BCUT2D eigenvalue weighted by Gasteiger charge is 2.39. The van der Waals surface area contributed by atoms with Crippen molar-refractivity contribution in [1.82, 2.24) is 5.32 Å². The highest BCUT2D eigenvalue weighted by atomic mass is 16.4. The zero-order chi connectivity index (χ0) is 13.3. The molecule has 0 aromatic carbocycles. The number of hydrogen-bond donors (Lipinski definition) is 2. The molecule has 0 spiro atoms. The van der Waals surface area contributed by atoms with Crippen molar-refractivity contribution in [3.8, 4) is 0 Å². The molecule has 1 fully saturated rings. The Hall–Kier alpha value is -1.32. The summed E-state index contributed by atoms with van der Waals surface area (Å²) in [6.07, 6.45) is 6.89. The summed E-state index contributed by atoms with van der Waals surface area (Å²) in [5.74, 6) is 0.365. The minimum Gasteiger partial charge on any atom is -0.481 e. The third-order valence-corrected chi connectivity index (χ3v) is 4.24. The van der Waals surface area contributed by atoms with Crippen molar-refractivity contribution in [1.29, 1.82) is 0 Å². The van der Waals surface area contributed by atoms with Crippen molar-refractivity contribution in [3.05, 3.63) is 12.2 Å². The molecule has 2 bridgehead atoms. The fourth-order valence-corrected chi connectivity index (χ4v) is 2.82. The Balaban J connectivity index is 1.76. The first kappa shape index (κ1) is 13.1. The van der Waals surface area contributed by atoms with Crippen LogP contribution in [0.15, 0.2) is 12.2 Å². The summed E-state index contributed by atoms with van der Waals surface area (Å²) >= 11 is 0. The molecule has 0 radical (unpaired) electrons. The molecule has 2 N–H and O–H groups in total. The Labute approximate surface area is 107 Å². The second-order valence-corrected chi connectivity index (χ2v) is 6.12. The number of aliphatic carboxylic acids is 1. The lowest BCUT2D eigenvalue weighted by Crippen LogP contribution is -2.36. The van der Waals surface area contributed by atoms with Crippen LogP contribution in [0, 0.1) is 23.2 Å². The molecule has 4 nitrogen and oxygen atoms in total. The summed E-state index contributed by atoms with van der Waals surface area (Å²) in [6, 6.07) is 0. The third kappa shape index (κ3) is 2.57. The van der Waals surface area contributed by atoms with Gasteiger partial charge in [-0.05, 0) is 44.9 Å². The van der Waals surface area contributed by atoms with Crippen molar-refractivity contribution in [2.24, 2.45) is 23.2 Å². The van der Waals surface area contributed by atoms with Gasteiger partial charge in [-0.2, -0.15) is 0 Å². The summed E-state index contributed by atoms with van der Waals surface area (Å²) in [4.78, 5) is 22.9. The SMILES string of the molecule is CC(C)(CCNC(=O)C1CC2C=CC1C2)C(=O)O. The van der Waals surface area contributed by atoms with E-state index in [0.29, 0.717) is 24.8 Å². The van der Waals surface area contributed by atoms with Crippen LogP contribution in [0.5, 0.6) is 0 Å². The number of carboxylic acids is 1. The van der Waals surface area contributed by atoms with Gasteiger partial charge < -0.3 is 10.4 Å². The highest BCUT2D eigenvalue weighted by Crippen LogP contribution is 2.43. The van der Waals surface area contributed by atoms with Crippen LogP contribution in [0.2, 0.25) is 0 Å². The van der Waals surface area contributed by atoms with Crippen molar-refractivity contribution in [3.63, 3.8) is 0 Å². The van der Waals surface area contributed by atoms with E-state index in [4.69, 9.17) is 5.11 Å². The lowest BCUT2D eigenvalue weighted by atomic mass is 9.89. The van der Waals surface area contributed by atoms with Gasteiger partial charge in [0.2, 0.25) is 5.91 Å². The second-order valence-electron chi connectivity index (χ2n) is 6.12. The maximum atomic E-state index is 12.0. The predicted molar refractivity (Wildman–Crippen MR) is 67.9 cm³/mol. The molecule has 3 atom stereocenters. The minimum absolute atomic E-state index is 0.0908. The molecular formula is C14H21NO3. The Morgan fingerprint density at radius 2 is 2.06 bits per heavy atom. The molecule has 3 unspecified atom stereocenters. The molecule has 4 heteroatoms. The first-order valence-corrected chi connectivity index (χ1v) is 6.59. The van der Waals surface area contributed by atoms with Crippen molar-refractivity contribution < 1.29 is 14.7 Å². The van der Waals surface area contributed by atoms with Gasteiger partial charge in [0.25, 0.3) is 0 Å². The van der Waals surface area contributed by atoms with Crippen molar-refractivity contribution >= 4 is 11.9 Å². The summed E-state index contributed by atoms with van der Waals surface area (Å²) in [6.45, 7) is 3.80. The maximum Gasteiger partial charge on any atom is 0.309 e. The fourth-order valence-electron chi connectivity index (χ4n) is 2.82. The van der Waals surface area contributed by atoms with E-state index in [2.05, 4.69) is 17.5 Å². The fraction of sp³-hybridized carbons (Fsp3) is 0.714. The van der Waals surface area contributed by atoms with E-state index in [1.807, 2.05) is 0 Å². The van der Waals surface area contributed by atoms with Crippen LogP contribution in [0.1, 0.15) is 33.1 Å². The lowest BCUT2D eigenvalue weighted by molar-refractivity contribution is -0.147. The van der Waals surface area contributed by atoms with Crippen LogP contribution in [-0.2, 0) is 9.59 Å². The first-order chi connectivity index (χ1) is 8.40. The number of rotatable bonds is 5. The van der Waals surface area contributed by atoms with Crippen molar-refractivity contribution in [2.75, 3.05) is 6.54 Å². The number of amides is 1. The van der Waals surface area contributed by atoms with Crippen LogP contribution < -0.4 is 5.32 Å². The standard InChI is InChI=1S/C14H21NO3/c1-14(2,13(17)18)5-6-15-12(16)11-8-9-3-4-10(11)7-9/h3-4,9-11H,5-8H2,1-2H3,(H,15,16)(H,17,18). The molecule has 0 aromatic rings. The first-order valence-electron chi connectivity index (χ1n) is 6.59.